The molecule has 12 heteroatoms. The standard InChI is InChI=1S/C27H29FN6O5/c1-14-26(36)30-8-4-10-39-19-13-29-9-7-16(19)23-24(33-18-6-3-5-17(28)25(18)38-2)21-22(34-23)15(11-20(35)32-14)12-31-27(21)37/h3,5-7,9,13-15,33-34H,4,8,10-12H2,1-2H3,(H,30,36)(H,31,37)(H,32,35)/t14-,15?/m1/s1. The van der Waals surface area contributed by atoms with E-state index in [0.717, 1.165) is 0 Å². The summed E-state index contributed by atoms with van der Waals surface area (Å²) in [6.45, 7) is 2.47. The van der Waals surface area contributed by atoms with Gasteiger partial charge in [0, 0.05) is 42.9 Å². The molecule has 5 rings (SSSR count). The van der Waals surface area contributed by atoms with Crippen molar-refractivity contribution in [1.82, 2.24) is 25.9 Å². The highest BCUT2D eigenvalue weighted by molar-refractivity contribution is 6.07. The van der Waals surface area contributed by atoms with E-state index in [4.69, 9.17) is 9.47 Å². The van der Waals surface area contributed by atoms with Gasteiger partial charge in [-0.25, -0.2) is 4.39 Å². The number of amides is 3. The Labute approximate surface area is 223 Å². The minimum atomic E-state index is -0.731. The largest absolute Gasteiger partial charge is 0.492 e. The Morgan fingerprint density at radius 1 is 1.18 bits per heavy atom. The van der Waals surface area contributed by atoms with Gasteiger partial charge in [-0.2, -0.15) is 0 Å². The van der Waals surface area contributed by atoms with Gasteiger partial charge in [0.25, 0.3) is 5.91 Å². The van der Waals surface area contributed by atoms with Crippen LogP contribution in [0.5, 0.6) is 11.5 Å². The number of anilines is 2. The van der Waals surface area contributed by atoms with Crippen LogP contribution < -0.4 is 30.7 Å². The first-order valence-electron chi connectivity index (χ1n) is 12.6. The molecule has 5 N–H and O–H groups in total. The smallest absolute Gasteiger partial charge is 0.255 e. The molecular formula is C27H29FN6O5. The average molecular weight is 537 g/mol. The number of rotatable bonds is 3. The van der Waals surface area contributed by atoms with E-state index in [9.17, 15) is 18.8 Å². The third-order valence-corrected chi connectivity index (χ3v) is 6.74. The minimum absolute atomic E-state index is 0.0127. The Hall–Kier alpha value is -4.61. The normalized spacial score (nSPS) is 19.6. The number of H-pyrrole nitrogens is 1. The molecule has 0 aliphatic carbocycles. The van der Waals surface area contributed by atoms with Gasteiger partial charge in [0.1, 0.15) is 11.8 Å². The molecule has 2 atom stereocenters. The molecule has 0 saturated carbocycles. The number of methoxy groups -OCH3 is 1. The van der Waals surface area contributed by atoms with E-state index in [1.165, 1.54) is 19.2 Å². The molecule has 2 aliphatic heterocycles. The number of para-hydroxylation sites is 1. The van der Waals surface area contributed by atoms with Crippen molar-refractivity contribution in [3.8, 4) is 22.8 Å². The van der Waals surface area contributed by atoms with Gasteiger partial charge >= 0.3 is 0 Å². The topological polar surface area (TPSA) is 146 Å². The Morgan fingerprint density at radius 2 is 2.03 bits per heavy atom. The van der Waals surface area contributed by atoms with Gasteiger partial charge < -0.3 is 35.7 Å². The van der Waals surface area contributed by atoms with E-state index < -0.39 is 17.8 Å². The van der Waals surface area contributed by atoms with E-state index in [0.29, 0.717) is 52.6 Å². The number of hydrogen-bond donors (Lipinski definition) is 5. The van der Waals surface area contributed by atoms with Crippen molar-refractivity contribution in [3.05, 3.63) is 53.7 Å². The summed E-state index contributed by atoms with van der Waals surface area (Å²) in [4.78, 5) is 46.1. The van der Waals surface area contributed by atoms with Crippen LogP contribution in [0.15, 0.2) is 36.7 Å². The molecule has 2 bridgehead atoms. The highest BCUT2D eigenvalue weighted by Crippen LogP contribution is 2.44. The van der Waals surface area contributed by atoms with Crippen molar-refractivity contribution in [2.75, 3.05) is 32.1 Å². The number of benzene rings is 1. The van der Waals surface area contributed by atoms with E-state index in [1.807, 2.05) is 0 Å². The summed E-state index contributed by atoms with van der Waals surface area (Å²) in [6.07, 6.45) is 3.70. The van der Waals surface area contributed by atoms with Crippen molar-refractivity contribution in [2.24, 2.45) is 0 Å². The van der Waals surface area contributed by atoms with Crippen molar-refractivity contribution < 1.29 is 28.2 Å². The number of aromatic nitrogens is 2. The summed E-state index contributed by atoms with van der Waals surface area (Å²) < 4.78 is 25.9. The van der Waals surface area contributed by atoms with Gasteiger partial charge in [-0.3, -0.25) is 19.4 Å². The molecule has 2 aliphatic rings. The van der Waals surface area contributed by atoms with E-state index >= 15 is 0 Å². The van der Waals surface area contributed by atoms with Crippen LogP contribution >= 0.6 is 0 Å². The molecule has 204 valence electrons. The molecule has 2 aromatic heterocycles. The summed E-state index contributed by atoms with van der Waals surface area (Å²) >= 11 is 0. The summed E-state index contributed by atoms with van der Waals surface area (Å²) in [5.41, 5.74) is 2.64. The second-order valence-electron chi connectivity index (χ2n) is 9.37. The second-order valence-corrected chi connectivity index (χ2v) is 9.37. The van der Waals surface area contributed by atoms with Crippen LogP contribution in [0.4, 0.5) is 15.8 Å². The molecule has 0 spiro atoms. The predicted molar refractivity (Wildman–Crippen MR) is 141 cm³/mol. The molecule has 1 unspecified atom stereocenters. The van der Waals surface area contributed by atoms with E-state index in [2.05, 4.69) is 31.2 Å². The molecule has 0 radical (unpaired) electrons. The molecule has 3 aromatic rings. The van der Waals surface area contributed by atoms with Crippen LogP contribution in [-0.2, 0) is 9.59 Å². The fourth-order valence-corrected chi connectivity index (χ4v) is 4.83. The lowest BCUT2D eigenvalue weighted by Gasteiger charge is -2.24. The molecule has 11 nitrogen and oxygen atoms in total. The number of hydrogen-bond acceptors (Lipinski definition) is 7. The van der Waals surface area contributed by atoms with Crippen molar-refractivity contribution in [3.63, 3.8) is 0 Å². The Balaban J connectivity index is 1.66. The highest BCUT2D eigenvalue weighted by atomic mass is 19.1. The number of aromatic amines is 1. The van der Waals surface area contributed by atoms with Crippen LogP contribution in [0, 0.1) is 5.82 Å². The first kappa shape index (κ1) is 26.0. The lowest BCUT2D eigenvalue weighted by Crippen LogP contribution is -2.46. The summed E-state index contributed by atoms with van der Waals surface area (Å²) in [7, 11) is 1.36. The number of carbonyl (C=O) groups excluding carboxylic acids is 3. The molecule has 3 amide bonds. The number of carbonyl (C=O) groups is 3. The lowest BCUT2D eigenvalue weighted by atomic mass is 9.93. The molecule has 39 heavy (non-hydrogen) atoms. The van der Waals surface area contributed by atoms with Gasteiger partial charge in [-0.1, -0.05) is 6.07 Å². The number of halogens is 1. The Kier molecular flexibility index (Phi) is 7.35. The zero-order valence-corrected chi connectivity index (χ0v) is 21.5. The molecule has 0 fully saturated rings. The zero-order valence-electron chi connectivity index (χ0n) is 21.5. The quantitative estimate of drug-likeness (QED) is 0.346. The first-order chi connectivity index (χ1) is 18.9. The number of ether oxygens (including phenoxy) is 2. The average Bonchev–Trinajstić information content (AvgIpc) is 3.30. The summed E-state index contributed by atoms with van der Waals surface area (Å²) in [6, 6.07) is 5.46. The van der Waals surface area contributed by atoms with Crippen LogP contribution in [0.1, 0.15) is 41.7 Å². The van der Waals surface area contributed by atoms with Gasteiger partial charge in [0.2, 0.25) is 11.8 Å². The van der Waals surface area contributed by atoms with Gasteiger partial charge in [-0.15, -0.1) is 0 Å². The number of nitrogens with zero attached hydrogens (tertiary/aromatic N) is 1. The maximum absolute atomic E-state index is 14.5. The van der Waals surface area contributed by atoms with Crippen molar-refractivity contribution in [1.29, 1.82) is 0 Å². The monoisotopic (exact) mass is 536 g/mol. The minimum Gasteiger partial charge on any atom is -0.492 e. The van der Waals surface area contributed by atoms with Crippen LogP contribution in [0.2, 0.25) is 0 Å². The van der Waals surface area contributed by atoms with Gasteiger partial charge in [0.15, 0.2) is 11.6 Å². The molecule has 4 heterocycles. The lowest BCUT2D eigenvalue weighted by molar-refractivity contribution is -0.128. The zero-order chi connectivity index (χ0) is 27.5. The van der Waals surface area contributed by atoms with Gasteiger partial charge in [-0.05, 0) is 31.5 Å². The van der Waals surface area contributed by atoms with Gasteiger partial charge in [0.05, 0.1) is 42.5 Å². The first-order valence-corrected chi connectivity index (χ1v) is 12.6. The SMILES string of the molecule is COc1c(F)cccc1Nc1c2[nH]c3c1C(=O)NCC3CC(=O)N[C@H](C)C(=O)NCCCOc1cnccc1-2. The Bertz CT molecular complexity index is 1420. The van der Waals surface area contributed by atoms with Crippen LogP contribution in [0.3, 0.4) is 0 Å². The van der Waals surface area contributed by atoms with Crippen molar-refractivity contribution in [2.45, 2.75) is 31.7 Å². The third-order valence-electron chi connectivity index (χ3n) is 6.74. The maximum atomic E-state index is 14.5. The van der Waals surface area contributed by atoms with Crippen LogP contribution in [-0.4, -0.2) is 60.5 Å². The fourth-order valence-electron chi connectivity index (χ4n) is 4.83. The second kappa shape index (κ2) is 11.0. The Morgan fingerprint density at radius 3 is 2.85 bits per heavy atom. The predicted octanol–water partition coefficient (Wildman–Crippen LogP) is 2.59. The maximum Gasteiger partial charge on any atom is 0.255 e. The highest BCUT2D eigenvalue weighted by Gasteiger charge is 2.35. The number of nitrogens with one attached hydrogen (secondary N) is 5. The molecule has 0 saturated heterocycles. The van der Waals surface area contributed by atoms with E-state index in [1.54, 1.807) is 31.5 Å². The van der Waals surface area contributed by atoms with Crippen molar-refractivity contribution >= 4 is 29.1 Å². The third kappa shape index (κ3) is 5.22. The fraction of sp³-hybridized carbons (Fsp3) is 0.333. The molecule has 1 aromatic carbocycles. The van der Waals surface area contributed by atoms with Crippen LogP contribution in [0.25, 0.3) is 11.3 Å². The summed E-state index contributed by atoms with van der Waals surface area (Å²) in [5.74, 6) is -1.54. The van der Waals surface area contributed by atoms with E-state index in [-0.39, 0.29) is 43.0 Å². The summed E-state index contributed by atoms with van der Waals surface area (Å²) in [5, 5.41) is 11.6. The number of pyridine rings is 1. The molecular weight excluding hydrogens is 507 g/mol. The number of fused-ring (bicyclic) bond motifs is 3.